The van der Waals surface area contributed by atoms with Gasteiger partial charge in [0.25, 0.3) is 0 Å². The van der Waals surface area contributed by atoms with Crippen LogP contribution in [0.1, 0.15) is 71.4 Å². The number of ether oxygens (including phenoxy) is 3. The van der Waals surface area contributed by atoms with Crippen LogP contribution in [0.3, 0.4) is 0 Å². The van der Waals surface area contributed by atoms with Gasteiger partial charge in [-0.25, -0.2) is 4.68 Å². The molecule has 6 unspecified atom stereocenters. The summed E-state index contributed by atoms with van der Waals surface area (Å²) in [6, 6.07) is -0.982. The molecule has 0 aromatic carbocycles. The minimum absolute atomic E-state index is 0.00807. The predicted molar refractivity (Wildman–Crippen MR) is 152 cm³/mol. The number of nitrogens with one attached hydrogen (secondary N) is 1. The van der Waals surface area contributed by atoms with Crippen molar-refractivity contribution in [1.29, 1.82) is 0 Å². The number of carbonyl (C=O) groups is 3. The number of rotatable bonds is 19. The maximum atomic E-state index is 12.6. The molecule has 1 amide bonds. The fourth-order valence-electron chi connectivity index (χ4n) is 4.04. The SMILES string of the molecule is CCCCCC(=O)OCC(CSCC(N)C(=O)Nc1cn([C@@H]2OC(CO)C(O)C(O)C2O)nn1)OC(=O)CCCCC. The summed E-state index contributed by atoms with van der Waals surface area (Å²) in [7, 11) is 0. The molecule has 1 fully saturated rings. The van der Waals surface area contributed by atoms with Gasteiger partial charge in [0, 0.05) is 24.3 Å². The third kappa shape index (κ3) is 11.7. The average molecular weight is 620 g/mol. The van der Waals surface area contributed by atoms with Gasteiger partial charge in [0.2, 0.25) is 5.91 Å². The zero-order chi connectivity index (χ0) is 31.1. The van der Waals surface area contributed by atoms with Crippen molar-refractivity contribution in [1.82, 2.24) is 15.0 Å². The number of nitrogens with two attached hydrogens (primary N) is 1. The van der Waals surface area contributed by atoms with E-state index in [4.69, 9.17) is 19.9 Å². The van der Waals surface area contributed by atoms with Crippen LogP contribution in [-0.4, -0.2) is 115 Å². The Balaban J connectivity index is 1.87. The molecule has 1 aliphatic heterocycles. The molecule has 1 saturated heterocycles. The summed E-state index contributed by atoms with van der Waals surface area (Å²) in [6.07, 6.45) is -0.782. The Morgan fingerprint density at radius 3 is 2.36 bits per heavy atom. The smallest absolute Gasteiger partial charge is 0.306 e. The number of hydrogen-bond donors (Lipinski definition) is 6. The van der Waals surface area contributed by atoms with Crippen molar-refractivity contribution < 1.29 is 49.0 Å². The lowest BCUT2D eigenvalue weighted by atomic mass is 9.98. The first-order chi connectivity index (χ1) is 20.1. The standard InChI is InChI=1S/C26H45N5O10S/c1-3-5-7-9-20(33)39-13-16(40-21(34)10-8-6-4-2)14-42-15-17(27)25(38)28-19-11-31(30-29-19)26-24(37)23(36)22(35)18(12-32)41-26/h11,16-18,22-24,26,32,35-37H,3-10,12-15,27H2,1-2H3,(H,28,38)/t16?,17?,18?,22?,23?,24?,26-/m1/s1. The monoisotopic (exact) mass is 619 g/mol. The Labute approximate surface area is 249 Å². The molecule has 0 spiro atoms. The second-order valence-corrected chi connectivity index (χ2v) is 11.2. The summed E-state index contributed by atoms with van der Waals surface area (Å²) in [5.41, 5.74) is 6.03. The Hall–Kier alpha value is -2.34. The summed E-state index contributed by atoms with van der Waals surface area (Å²) < 4.78 is 17.3. The fourth-order valence-corrected chi connectivity index (χ4v) is 5.01. The van der Waals surface area contributed by atoms with Crippen LogP contribution in [0.25, 0.3) is 0 Å². The van der Waals surface area contributed by atoms with Crippen LogP contribution in [0, 0.1) is 0 Å². The molecule has 2 heterocycles. The molecule has 1 aliphatic rings. The van der Waals surface area contributed by atoms with E-state index in [0.717, 1.165) is 36.8 Å². The van der Waals surface area contributed by atoms with E-state index in [0.29, 0.717) is 12.8 Å². The summed E-state index contributed by atoms with van der Waals surface area (Å²) in [5, 5.41) is 49.6. The van der Waals surface area contributed by atoms with Gasteiger partial charge in [-0.15, -0.1) is 5.10 Å². The molecule has 15 nitrogen and oxygen atoms in total. The highest BCUT2D eigenvalue weighted by molar-refractivity contribution is 7.99. The molecule has 7 atom stereocenters. The lowest BCUT2D eigenvalue weighted by Gasteiger charge is -2.39. The van der Waals surface area contributed by atoms with Crippen LogP contribution >= 0.6 is 11.8 Å². The first kappa shape index (κ1) is 35.9. The van der Waals surface area contributed by atoms with Gasteiger partial charge in [-0.2, -0.15) is 11.8 Å². The summed E-state index contributed by atoms with van der Waals surface area (Å²) in [4.78, 5) is 36.9. The molecule has 7 N–H and O–H groups in total. The molecule has 1 aromatic rings. The Bertz CT molecular complexity index is 968. The first-order valence-corrected chi connectivity index (χ1v) is 15.5. The van der Waals surface area contributed by atoms with Crippen molar-refractivity contribution in [2.24, 2.45) is 5.73 Å². The van der Waals surface area contributed by atoms with Crippen LogP contribution in [0.4, 0.5) is 5.82 Å². The highest BCUT2D eigenvalue weighted by Crippen LogP contribution is 2.28. The van der Waals surface area contributed by atoms with Gasteiger partial charge in [0.15, 0.2) is 12.0 Å². The van der Waals surface area contributed by atoms with Crippen LogP contribution in [0.2, 0.25) is 0 Å². The van der Waals surface area contributed by atoms with Gasteiger partial charge in [-0.1, -0.05) is 44.7 Å². The number of thioether (sulfide) groups is 1. The van der Waals surface area contributed by atoms with Gasteiger partial charge in [-0.05, 0) is 12.8 Å². The molecule has 0 radical (unpaired) electrons. The van der Waals surface area contributed by atoms with E-state index in [1.165, 1.54) is 18.0 Å². The van der Waals surface area contributed by atoms with E-state index < -0.39 is 55.3 Å². The maximum absolute atomic E-state index is 12.6. The largest absolute Gasteiger partial charge is 0.462 e. The zero-order valence-electron chi connectivity index (χ0n) is 24.2. The van der Waals surface area contributed by atoms with Crippen molar-refractivity contribution in [2.45, 2.75) is 108 Å². The zero-order valence-corrected chi connectivity index (χ0v) is 25.0. The van der Waals surface area contributed by atoms with Gasteiger partial charge >= 0.3 is 11.9 Å². The minimum atomic E-state index is -1.60. The number of anilines is 1. The number of aliphatic hydroxyl groups is 4. The summed E-state index contributed by atoms with van der Waals surface area (Å²) in [6.45, 7) is 3.38. The van der Waals surface area contributed by atoms with E-state index in [1.807, 2.05) is 13.8 Å². The number of carbonyl (C=O) groups excluding carboxylic acids is 3. The lowest BCUT2D eigenvalue weighted by Crippen LogP contribution is -2.56. The Kier molecular flexibility index (Phi) is 16.3. The van der Waals surface area contributed by atoms with Crippen LogP contribution in [0.5, 0.6) is 0 Å². The topological polar surface area (TPSA) is 229 Å². The maximum Gasteiger partial charge on any atom is 0.306 e. The molecule has 0 saturated carbocycles. The number of nitrogens with zero attached hydrogens (tertiary/aromatic N) is 3. The van der Waals surface area contributed by atoms with Gasteiger partial charge < -0.3 is 45.7 Å². The second-order valence-electron chi connectivity index (χ2n) is 10.1. The highest BCUT2D eigenvalue weighted by atomic mass is 32.2. The molecular formula is C26H45N5O10S. The number of esters is 2. The quantitative estimate of drug-likeness (QED) is 0.0875. The van der Waals surface area contributed by atoms with Crippen molar-refractivity contribution in [3.05, 3.63) is 6.20 Å². The van der Waals surface area contributed by atoms with Gasteiger partial charge in [0.1, 0.15) is 37.1 Å². The van der Waals surface area contributed by atoms with Crippen molar-refractivity contribution in [2.75, 3.05) is 30.0 Å². The third-order valence-electron chi connectivity index (χ3n) is 6.52. The number of unbranched alkanes of at least 4 members (excludes halogenated alkanes) is 4. The molecule has 0 bridgehead atoms. The highest BCUT2D eigenvalue weighted by Gasteiger charge is 2.44. The van der Waals surface area contributed by atoms with Crippen LogP contribution < -0.4 is 11.1 Å². The predicted octanol–water partition coefficient (Wildman–Crippen LogP) is -0.135. The third-order valence-corrected chi connectivity index (χ3v) is 7.73. The van der Waals surface area contributed by atoms with Gasteiger partial charge in [0.05, 0.1) is 18.8 Å². The van der Waals surface area contributed by atoms with Gasteiger partial charge in [-0.3, -0.25) is 14.4 Å². The summed E-state index contributed by atoms with van der Waals surface area (Å²) >= 11 is 1.26. The second kappa shape index (κ2) is 19.0. The number of aromatic nitrogens is 3. The molecule has 2 rings (SSSR count). The molecule has 240 valence electrons. The number of aliphatic hydroxyl groups excluding tert-OH is 4. The number of hydrogen-bond acceptors (Lipinski definition) is 14. The number of amides is 1. The van der Waals surface area contributed by atoms with E-state index >= 15 is 0 Å². The van der Waals surface area contributed by atoms with E-state index in [1.54, 1.807) is 0 Å². The van der Waals surface area contributed by atoms with E-state index in [9.17, 15) is 34.8 Å². The van der Waals surface area contributed by atoms with Crippen molar-refractivity contribution >= 4 is 35.4 Å². The van der Waals surface area contributed by atoms with Crippen molar-refractivity contribution in [3.63, 3.8) is 0 Å². The van der Waals surface area contributed by atoms with Crippen LogP contribution in [-0.2, 0) is 28.6 Å². The average Bonchev–Trinajstić information content (AvgIpc) is 3.43. The van der Waals surface area contributed by atoms with E-state index in [2.05, 4.69) is 15.6 Å². The van der Waals surface area contributed by atoms with E-state index in [-0.39, 0.29) is 42.3 Å². The Morgan fingerprint density at radius 1 is 1.05 bits per heavy atom. The van der Waals surface area contributed by atoms with Crippen LogP contribution in [0.15, 0.2) is 6.20 Å². The first-order valence-electron chi connectivity index (χ1n) is 14.3. The molecule has 0 aliphatic carbocycles. The minimum Gasteiger partial charge on any atom is -0.462 e. The Morgan fingerprint density at radius 2 is 1.71 bits per heavy atom. The summed E-state index contributed by atoms with van der Waals surface area (Å²) in [5.74, 6) is -0.907. The fraction of sp³-hybridized carbons (Fsp3) is 0.808. The molecule has 1 aromatic heterocycles. The van der Waals surface area contributed by atoms with Crippen molar-refractivity contribution in [3.8, 4) is 0 Å². The normalized spacial score (nSPS) is 23.6. The lowest BCUT2D eigenvalue weighted by molar-refractivity contribution is -0.254. The molecule has 16 heteroatoms. The molecular weight excluding hydrogens is 574 g/mol. The molecule has 42 heavy (non-hydrogen) atoms.